The lowest BCUT2D eigenvalue weighted by Crippen LogP contribution is -1.99. The minimum absolute atomic E-state index is 0.0569. The Bertz CT molecular complexity index is 479. The maximum atomic E-state index is 11.1. The van der Waals surface area contributed by atoms with Gasteiger partial charge in [-0.05, 0) is 11.5 Å². The van der Waals surface area contributed by atoms with Crippen LogP contribution < -0.4 is 5.43 Å². The highest BCUT2D eigenvalue weighted by molar-refractivity contribution is 5.54. The van der Waals surface area contributed by atoms with Crippen LogP contribution in [0.2, 0.25) is 0 Å². The number of nitrogens with zero attached hydrogens (tertiary/aromatic N) is 1. The van der Waals surface area contributed by atoms with Crippen molar-refractivity contribution in [2.75, 3.05) is 0 Å². The van der Waals surface area contributed by atoms with E-state index in [1.807, 2.05) is 10.7 Å². The van der Waals surface area contributed by atoms with Gasteiger partial charge in [-0.2, -0.15) is 0 Å². The highest BCUT2D eigenvalue weighted by Crippen LogP contribution is 2.18. The van der Waals surface area contributed by atoms with Gasteiger partial charge in [0.05, 0.1) is 5.52 Å². The first-order chi connectivity index (χ1) is 6.18. The maximum Gasteiger partial charge on any atom is 0.182 e. The molecule has 68 valence electrons. The van der Waals surface area contributed by atoms with Gasteiger partial charge in [0.15, 0.2) is 5.43 Å². The van der Waals surface area contributed by atoms with Crippen molar-refractivity contribution in [3.63, 3.8) is 0 Å². The fourth-order valence-electron chi connectivity index (χ4n) is 1.49. The molecule has 0 spiro atoms. The van der Waals surface area contributed by atoms with Crippen molar-refractivity contribution in [2.24, 2.45) is 0 Å². The molecule has 0 radical (unpaired) electrons. The van der Waals surface area contributed by atoms with Gasteiger partial charge in [0, 0.05) is 24.5 Å². The molecule has 2 aromatic heterocycles. The van der Waals surface area contributed by atoms with Gasteiger partial charge in [0.2, 0.25) is 0 Å². The van der Waals surface area contributed by atoms with E-state index in [0.29, 0.717) is 5.92 Å². The van der Waals surface area contributed by atoms with E-state index in [0.717, 1.165) is 5.52 Å². The van der Waals surface area contributed by atoms with E-state index in [9.17, 15) is 4.79 Å². The van der Waals surface area contributed by atoms with Gasteiger partial charge in [-0.15, -0.1) is 0 Å². The Labute approximate surface area is 76.0 Å². The minimum atomic E-state index is 0.0569. The number of H-pyrrole nitrogens is 1. The molecule has 0 atom stereocenters. The standard InChI is InChI=1S/C10H12N2O/c1-7(2)9-6-11-12-4-3-8(13)5-10(9)12/h3-7,11H,1-2H3. The summed E-state index contributed by atoms with van der Waals surface area (Å²) in [6.45, 7) is 4.22. The molecule has 1 N–H and O–H groups in total. The molecule has 2 heterocycles. The first-order valence-electron chi connectivity index (χ1n) is 4.38. The van der Waals surface area contributed by atoms with Crippen LogP contribution in [0.3, 0.4) is 0 Å². The lowest BCUT2D eigenvalue weighted by Gasteiger charge is -2.00. The summed E-state index contributed by atoms with van der Waals surface area (Å²) in [7, 11) is 0. The van der Waals surface area contributed by atoms with Crippen LogP contribution in [-0.2, 0) is 0 Å². The highest BCUT2D eigenvalue weighted by Gasteiger charge is 2.05. The maximum absolute atomic E-state index is 11.1. The van der Waals surface area contributed by atoms with Crippen molar-refractivity contribution in [3.8, 4) is 0 Å². The molecule has 3 heteroatoms. The Hall–Kier alpha value is -1.51. The number of pyridine rings is 1. The first-order valence-corrected chi connectivity index (χ1v) is 4.38. The van der Waals surface area contributed by atoms with Crippen LogP contribution in [0.4, 0.5) is 0 Å². The first kappa shape index (κ1) is 8.10. The molecule has 0 amide bonds. The van der Waals surface area contributed by atoms with Crippen LogP contribution in [0.25, 0.3) is 5.52 Å². The van der Waals surface area contributed by atoms with Gasteiger partial charge in [-0.3, -0.25) is 9.31 Å². The molecule has 0 saturated heterocycles. The normalized spacial score (nSPS) is 11.3. The van der Waals surface area contributed by atoms with E-state index < -0.39 is 0 Å². The predicted octanol–water partition coefficient (Wildman–Crippen LogP) is 1.75. The van der Waals surface area contributed by atoms with E-state index in [1.165, 1.54) is 5.56 Å². The van der Waals surface area contributed by atoms with Crippen molar-refractivity contribution in [3.05, 3.63) is 40.3 Å². The lowest BCUT2D eigenvalue weighted by atomic mass is 10.1. The molecule has 0 aromatic carbocycles. The second-order valence-electron chi connectivity index (χ2n) is 3.50. The molecule has 0 aliphatic rings. The van der Waals surface area contributed by atoms with Crippen molar-refractivity contribution < 1.29 is 0 Å². The average Bonchev–Trinajstić information content (AvgIpc) is 2.46. The van der Waals surface area contributed by atoms with E-state index in [1.54, 1.807) is 18.3 Å². The Morgan fingerprint density at radius 2 is 2.23 bits per heavy atom. The summed E-state index contributed by atoms with van der Waals surface area (Å²) in [5.74, 6) is 0.433. The summed E-state index contributed by atoms with van der Waals surface area (Å²) in [5, 5.41) is 3.07. The van der Waals surface area contributed by atoms with Crippen LogP contribution in [-0.4, -0.2) is 9.61 Å². The zero-order chi connectivity index (χ0) is 9.42. The van der Waals surface area contributed by atoms with Crippen molar-refractivity contribution in [1.82, 2.24) is 9.61 Å². The lowest BCUT2D eigenvalue weighted by molar-refractivity contribution is 0.875. The summed E-state index contributed by atoms with van der Waals surface area (Å²) >= 11 is 0. The Kier molecular flexibility index (Phi) is 1.72. The number of aromatic amines is 1. The summed E-state index contributed by atoms with van der Waals surface area (Å²) in [4.78, 5) is 11.1. The fourth-order valence-corrected chi connectivity index (χ4v) is 1.49. The zero-order valence-electron chi connectivity index (χ0n) is 7.74. The molecule has 3 nitrogen and oxygen atoms in total. The second kappa shape index (κ2) is 2.76. The van der Waals surface area contributed by atoms with Crippen LogP contribution in [0.15, 0.2) is 29.3 Å². The number of hydrogen-bond acceptors (Lipinski definition) is 1. The Balaban J connectivity index is 2.79. The third-order valence-corrected chi connectivity index (χ3v) is 2.20. The number of rotatable bonds is 1. The van der Waals surface area contributed by atoms with Gasteiger partial charge >= 0.3 is 0 Å². The van der Waals surface area contributed by atoms with E-state index in [-0.39, 0.29) is 5.43 Å². The smallest absolute Gasteiger partial charge is 0.182 e. The number of hydrogen-bond donors (Lipinski definition) is 1. The molecule has 13 heavy (non-hydrogen) atoms. The number of aromatic nitrogens is 2. The largest absolute Gasteiger partial charge is 0.301 e. The molecule has 0 unspecified atom stereocenters. The molecule has 0 fully saturated rings. The number of fused-ring (bicyclic) bond motifs is 1. The summed E-state index contributed by atoms with van der Waals surface area (Å²) < 4.78 is 1.86. The molecule has 2 rings (SSSR count). The molecule has 2 aromatic rings. The van der Waals surface area contributed by atoms with Crippen LogP contribution >= 0.6 is 0 Å². The van der Waals surface area contributed by atoms with Crippen molar-refractivity contribution in [2.45, 2.75) is 19.8 Å². The number of nitrogens with one attached hydrogen (secondary N) is 1. The van der Waals surface area contributed by atoms with Crippen LogP contribution in [0.1, 0.15) is 25.3 Å². The molecule has 0 aliphatic heterocycles. The van der Waals surface area contributed by atoms with Crippen LogP contribution in [0, 0.1) is 0 Å². The van der Waals surface area contributed by atoms with Gasteiger partial charge in [-0.25, -0.2) is 0 Å². The van der Waals surface area contributed by atoms with Crippen LogP contribution in [0.5, 0.6) is 0 Å². The van der Waals surface area contributed by atoms with Gasteiger partial charge < -0.3 is 5.10 Å². The van der Waals surface area contributed by atoms with Crippen molar-refractivity contribution in [1.29, 1.82) is 0 Å². The molecule has 0 saturated carbocycles. The topological polar surface area (TPSA) is 37.3 Å². The molecule has 0 aliphatic carbocycles. The molecule has 0 bridgehead atoms. The van der Waals surface area contributed by atoms with Gasteiger partial charge in [0.25, 0.3) is 0 Å². The molecular weight excluding hydrogens is 164 g/mol. The Morgan fingerprint density at radius 3 is 2.92 bits per heavy atom. The van der Waals surface area contributed by atoms with E-state index in [2.05, 4.69) is 18.9 Å². The third kappa shape index (κ3) is 1.26. The van der Waals surface area contributed by atoms with Gasteiger partial charge in [-0.1, -0.05) is 13.8 Å². The van der Waals surface area contributed by atoms with E-state index >= 15 is 0 Å². The van der Waals surface area contributed by atoms with E-state index in [4.69, 9.17) is 0 Å². The summed E-state index contributed by atoms with van der Waals surface area (Å²) in [6, 6.07) is 3.21. The minimum Gasteiger partial charge on any atom is -0.301 e. The summed E-state index contributed by atoms with van der Waals surface area (Å²) in [5.41, 5.74) is 2.21. The monoisotopic (exact) mass is 176 g/mol. The average molecular weight is 176 g/mol. The van der Waals surface area contributed by atoms with Crippen molar-refractivity contribution >= 4 is 5.52 Å². The highest BCUT2D eigenvalue weighted by atomic mass is 16.1. The zero-order valence-corrected chi connectivity index (χ0v) is 7.74. The fraction of sp³-hybridized carbons (Fsp3) is 0.300. The van der Waals surface area contributed by atoms with Gasteiger partial charge in [0.1, 0.15) is 0 Å². The summed E-state index contributed by atoms with van der Waals surface area (Å²) in [6.07, 6.45) is 3.70. The third-order valence-electron chi connectivity index (χ3n) is 2.20. The SMILES string of the molecule is CC(C)c1c[nH]n2ccc(=O)cc12. The molecular formula is C10H12N2O. The predicted molar refractivity (Wildman–Crippen MR) is 52.1 cm³/mol. The second-order valence-corrected chi connectivity index (χ2v) is 3.50. The quantitative estimate of drug-likeness (QED) is 0.706. The Morgan fingerprint density at radius 1 is 1.46 bits per heavy atom.